The molecule has 0 saturated carbocycles. The average molecular weight is 315 g/mol. The molecule has 18 heavy (non-hydrogen) atoms. The summed E-state index contributed by atoms with van der Waals surface area (Å²) in [6.45, 7) is 4.05. The molecule has 2 N–H and O–H groups in total. The van der Waals surface area contributed by atoms with Gasteiger partial charge in [0.05, 0.1) is 6.54 Å². The van der Waals surface area contributed by atoms with E-state index >= 15 is 0 Å². The highest BCUT2D eigenvalue weighted by Crippen LogP contribution is 2.13. The van der Waals surface area contributed by atoms with Crippen molar-refractivity contribution in [1.82, 2.24) is 4.90 Å². The van der Waals surface area contributed by atoms with Crippen molar-refractivity contribution >= 4 is 27.5 Å². The van der Waals surface area contributed by atoms with Crippen LogP contribution in [0.25, 0.3) is 0 Å². The molecule has 0 aliphatic rings. The van der Waals surface area contributed by atoms with E-state index in [0.29, 0.717) is 13.0 Å². The van der Waals surface area contributed by atoms with Crippen molar-refractivity contribution < 1.29 is 9.90 Å². The summed E-state index contributed by atoms with van der Waals surface area (Å²) in [5.74, 6) is -0.0305. The number of carbonyl (C=O) groups excluding carboxylic acids is 1. The molecule has 0 aromatic heterocycles. The third kappa shape index (κ3) is 5.62. The van der Waals surface area contributed by atoms with E-state index < -0.39 is 0 Å². The number of carbonyl (C=O) groups is 1. The highest BCUT2D eigenvalue weighted by molar-refractivity contribution is 9.10. The number of benzene rings is 1. The van der Waals surface area contributed by atoms with Gasteiger partial charge < -0.3 is 10.4 Å². The molecule has 1 aromatic carbocycles. The van der Waals surface area contributed by atoms with Gasteiger partial charge >= 0.3 is 0 Å². The molecule has 0 unspecified atom stereocenters. The minimum atomic E-state index is -0.0305. The van der Waals surface area contributed by atoms with E-state index in [2.05, 4.69) is 21.2 Å². The number of rotatable bonds is 7. The van der Waals surface area contributed by atoms with Crippen molar-refractivity contribution in [3.8, 4) is 0 Å². The summed E-state index contributed by atoms with van der Waals surface area (Å²) in [6, 6.07) is 7.48. The molecule has 0 radical (unpaired) electrons. The van der Waals surface area contributed by atoms with E-state index in [0.717, 1.165) is 23.2 Å². The number of aliphatic hydroxyl groups excluding tert-OH is 1. The van der Waals surface area contributed by atoms with Crippen LogP contribution in [-0.2, 0) is 4.79 Å². The topological polar surface area (TPSA) is 52.6 Å². The maximum absolute atomic E-state index is 11.8. The predicted molar refractivity (Wildman–Crippen MR) is 76.6 cm³/mol. The third-order valence-corrected chi connectivity index (χ3v) is 3.10. The Bertz CT molecular complexity index is 368. The molecule has 0 saturated heterocycles. The summed E-state index contributed by atoms with van der Waals surface area (Å²) >= 11 is 3.35. The van der Waals surface area contributed by atoms with Crippen LogP contribution in [0.3, 0.4) is 0 Å². The summed E-state index contributed by atoms with van der Waals surface area (Å²) in [5.41, 5.74) is 0.793. The van der Waals surface area contributed by atoms with Crippen LogP contribution in [-0.4, -0.2) is 42.2 Å². The van der Waals surface area contributed by atoms with E-state index in [1.807, 2.05) is 36.1 Å². The molecule has 1 rings (SSSR count). The molecule has 0 fully saturated rings. The summed E-state index contributed by atoms with van der Waals surface area (Å²) in [6.07, 6.45) is 0.694. The molecular formula is C13H19BrN2O2. The Balaban J connectivity index is 2.42. The minimum Gasteiger partial charge on any atom is -0.396 e. The first-order valence-corrected chi connectivity index (χ1v) is 6.83. The lowest BCUT2D eigenvalue weighted by Gasteiger charge is -2.19. The second kappa shape index (κ2) is 8.24. The van der Waals surface area contributed by atoms with Crippen molar-refractivity contribution in [2.75, 3.05) is 31.6 Å². The highest BCUT2D eigenvalue weighted by Gasteiger charge is 2.08. The summed E-state index contributed by atoms with van der Waals surface area (Å²) < 4.78 is 0.985. The zero-order chi connectivity index (χ0) is 13.4. The molecule has 0 aliphatic carbocycles. The van der Waals surface area contributed by atoms with Crippen molar-refractivity contribution in [2.45, 2.75) is 13.3 Å². The van der Waals surface area contributed by atoms with Gasteiger partial charge in [-0.15, -0.1) is 0 Å². The van der Waals surface area contributed by atoms with Crippen LogP contribution in [0.15, 0.2) is 28.7 Å². The van der Waals surface area contributed by atoms with E-state index in [4.69, 9.17) is 5.11 Å². The quantitative estimate of drug-likeness (QED) is 0.810. The lowest BCUT2D eigenvalue weighted by atomic mass is 10.3. The number of nitrogens with one attached hydrogen (secondary N) is 1. The second-order valence-corrected chi connectivity index (χ2v) is 4.92. The van der Waals surface area contributed by atoms with Crippen LogP contribution >= 0.6 is 15.9 Å². The normalized spacial score (nSPS) is 10.7. The first-order chi connectivity index (χ1) is 8.65. The number of likely N-dealkylation sites (N-methyl/N-ethyl adjacent to an activating group) is 1. The lowest BCUT2D eigenvalue weighted by Crippen LogP contribution is -2.34. The van der Waals surface area contributed by atoms with E-state index in [1.54, 1.807) is 0 Å². The number of amides is 1. The van der Waals surface area contributed by atoms with Crippen LogP contribution in [0.5, 0.6) is 0 Å². The van der Waals surface area contributed by atoms with Gasteiger partial charge in [-0.3, -0.25) is 9.69 Å². The van der Waals surface area contributed by atoms with Crippen LogP contribution in [0.1, 0.15) is 13.3 Å². The Morgan fingerprint density at radius 2 is 2.06 bits per heavy atom. The number of anilines is 1. The predicted octanol–water partition coefficient (Wildman–Crippen LogP) is 2.09. The molecule has 0 spiro atoms. The van der Waals surface area contributed by atoms with Gasteiger partial charge in [-0.2, -0.15) is 0 Å². The van der Waals surface area contributed by atoms with Gasteiger partial charge in [-0.1, -0.05) is 22.9 Å². The van der Waals surface area contributed by atoms with Crippen molar-refractivity contribution in [2.24, 2.45) is 0 Å². The molecule has 0 bridgehead atoms. The molecule has 100 valence electrons. The first kappa shape index (κ1) is 15.1. The monoisotopic (exact) mass is 314 g/mol. The van der Waals surface area contributed by atoms with Crippen molar-refractivity contribution in [3.63, 3.8) is 0 Å². The molecule has 0 aliphatic heterocycles. The van der Waals surface area contributed by atoms with Crippen LogP contribution in [0, 0.1) is 0 Å². The molecule has 0 atom stereocenters. The van der Waals surface area contributed by atoms with Crippen LogP contribution in [0.2, 0.25) is 0 Å². The van der Waals surface area contributed by atoms with Crippen LogP contribution in [0.4, 0.5) is 5.69 Å². The third-order valence-electron chi connectivity index (χ3n) is 2.57. The number of nitrogens with zero attached hydrogens (tertiary/aromatic N) is 1. The van der Waals surface area contributed by atoms with Crippen molar-refractivity contribution in [1.29, 1.82) is 0 Å². The second-order valence-electron chi connectivity index (χ2n) is 4.00. The maximum atomic E-state index is 11.8. The van der Waals surface area contributed by atoms with Gasteiger partial charge in [0.25, 0.3) is 0 Å². The molecule has 0 heterocycles. The van der Waals surface area contributed by atoms with E-state index in [9.17, 15) is 4.79 Å². The standard InChI is InChI=1S/C13H19BrN2O2/c1-2-16(8-3-9-17)10-13(18)15-12-6-4-11(14)5-7-12/h4-7,17H,2-3,8-10H2,1H3,(H,15,18). The molecule has 5 heteroatoms. The van der Waals surface area contributed by atoms with Gasteiger partial charge in [0.2, 0.25) is 5.91 Å². The van der Waals surface area contributed by atoms with Gasteiger partial charge in [0.15, 0.2) is 0 Å². The van der Waals surface area contributed by atoms with Gasteiger partial charge in [-0.25, -0.2) is 0 Å². The molecule has 4 nitrogen and oxygen atoms in total. The number of hydrogen-bond acceptors (Lipinski definition) is 3. The highest BCUT2D eigenvalue weighted by atomic mass is 79.9. The number of hydrogen-bond donors (Lipinski definition) is 2. The fourth-order valence-electron chi connectivity index (χ4n) is 1.58. The summed E-state index contributed by atoms with van der Waals surface area (Å²) in [4.78, 5) is 13.8. The summed E-state index contributed by atoms with van der Waals surface area (Å²) in [5, 5.41) is 11.6. The largest absolute Gasteiger partial charge is 0.396 e. The van der Waals surface area contributed by atoms with E-state index in [1.165, 1.54) is 0 Å². The minimum absolute atomic E-state index is 0.0305. The van der Waals surface area contributed by atoms with Gasteiger partial charge in [0.1, 0.15) is 0 Å². The van der Waals surface area contributed by atoms with Crippen molar-refractivity contribution in [3.05, 3.63) is 28.7 Å². The fraction of sp³-hybridized carbons (Fsp3) is 0.462. The Morgan fingerprint density at radius 1 is 1.39 bits per heavy atom. The Labute approximate surface area is 116 Å². The Kier molecular flexibility index (Phi) is 6.93. The lowest BCUT2D eigenvalue weighted by molar-refractivity contribution is -0.117. The smallest absolute Gasteiger partial charge is 0.238 e. The molecule has 1 aromatic rings. The van der Waals surface area contributed by atoms with Gasteiger partial charge in [0, 0.05) is 23.3 Å². The first-order valence-electron chi connectivity index (χ1n) is 6.04. The molecule has 1 amide bonds. The Hall–Kier alpha value is -0.910. The van der Waals surface area contributed by atoms with Gasteiger partial charge in [-0.05, 0) is 37.2 Å². The zero-order valence-electron chi connectivity index (χ0n) is 10.5. The summed E-state index contributed by atoms with van der Waals surface area (Å²) in [7, 11) is 0. The number of halogens is 1. The maximum Gasteiger partial charge on any atom is 0.238 e. The average Bonchev–Trinajstić information content (AvgIpc) is 2.37. The fourth-order valence-corrected chi connectivity index (χ4v) is 1.84. The number of aliphatic hydroxyl groups is 1. The van der Waals surface area contributed by atoms with E-state index in [-0.39, 0.29) is 12.5 Å². The van der Waals surface area contributed by atoms with Crippen LogP contribution < -0.4 is 5.32 Å². The molecular weight excluding hydrogens is 296 g/mol. The zero-order valence-corrected chi connectivity index (χ0v) is 12.1. The Morgan fingerprint density at radius 3 is 2.61 bits per heavy atom. The SMILES string of the molecule is CCN(CCCO)CC(=O)Nc1ccc(Br)cc1.